The number of thiocyanates is 2. The van der Waals surface area contributed by atoms with E-state index in [1.54, 1.807) is 0 Å². The van der Waals surface area contributed by atoms with Crippen LogP contribution in [-0.2, 0) is 42.3 Å². The summed E-state index contributed by atoms with van der Waals surface area (Å²) in [5.41, 5.74) is 1.13. The Morgan fingerprint density at radius 1 is 1.24 bits per heavy atom. The number of nitriles is 2. The van der Waals surface area contributed by atoms with E-state index in [1.807, 2.05) is 25.2 Å². The van der Waals surface area contributed by atoms with Crippen LogP contribution >= 0.6 is 0 Å². The van der Waals surface area contributed by atoms with Gasteiger partial charge in [-0.25, -0.2) is 10.5 Å². The van der Waals surface area contributed by atoms with E-state index >= 15 is 0 Å². The van der Waals surface area contributed by atoms with Gasteiger partial charge in [0.05, 0.1) is 0 Å². The molecule has 0 N–H and O–H groups in total. The van der Waals surface area contributed by atoms with Gasteiger partial charge in [0.15, 0.2) is 0 Å². The Hall–Kier alpha value is -0.821. The van der Waals surface area contributed by atoms with Crippen molar-refractivity contribution in [1.82, 2.24) is 0 Å². The van der Waals surface area contributed by atoms with E-state index in [2.05, 4.69) is 42.8 Å². The van der Waals surface area contributed by atoms with Crippen LogP contribution in [0.5, 0.6) is 0 Å². The number of hydrogen-bond acceptors (Lipinski definition) is 4. The molecule has 0 spiro atoms. The van der Waals surface area contributed by atoms with E-state index in [4.69, 9.17) is 10.5 Å². The van der Waals surface area contributed by atoms with Gasteiger partial charge in [-0.3, -0.25) is 0 Å². The fourth-order valence-corrected chi connectivity index (χ4v) is 1.47. The Labute approximate surface area is 150 Å². The van der Waals surface area contributed by atoms with Crippen molar-refractivity contribution in [2.75, 3.05) is 13.1 Å². The molecule has 0 saturated carbocycles. The molecule has 1 fully saturated rings. The number of piperidine rings is 1. The Bertz CT molecular complexity index is 341. The molecule has 21 heavy (non-hydrogen) atoms. The summed E-state index contributed by atoms with van der Waals surface area (Å²) in [4.78, 5) is 0. The summed E-state index contributed by atoms with van der Waals surface area (Å²) in [5, 5.41) is 25.4. The van der Waals surface area contributed by atoms with Crippen molar-refractivity contribution in [3.63, 3.8) is 0 Å². The fourth-order valence-electron chi connectivity index (χ4n) is 1.47. The van der Waals surface area contributed by atoms with Crippen molar-refractivity contribution < 1.29 is 17.1 Å². The second-order valence-corrected chi connectivity index (χ2v) is 4.38. The van der Waals surface area contributed by atoms with Gasteiger partial charge >= 0.3 is 0 Å². The van der Waals surface area contributed by atoms with Crippen molar-refractivity contribution in [2.24, 2.45) is 0 Å². The molecule has 2 aliphatic heterocycles. The zero-order valence-electron chi connectivity index (χ0n) is 12.3. The predicted molar refractivity (Wildman–Crippen MR) is 88.6 cm³/mol. The average Bonchev–Trinajstić information content (AvgIpc) is 2.43. The van der Waals surface area contributed by atoms with Crippen LogP contribution in [-0.4, -0.2) is 19.1 Å². The molecule has 123 valence electrons. The molecule has 0 aromatic rings. The summed E-state index contributed by atoms with van der Waals surface area (Å²) < 4.78 is 0. The standard InChI is InChI=1S/C6H12N.C6H8N.2CHNS.Cu/c2*1-6-4-2-3-5-7-6;2*2-1-3;/h6H,2-5H2,1H3;2-4H,5H2,1H3;2*3H;/q2*-1;;;/p-2. The van der Waals surface area contributed by atoms with E-state index in [9.17, 15) is 0 Å². The van der Waals surface area contributed by atoms with Gasteiger partial charge < -0.3 is 35.9 Å². The van der Waals surface area contributed by atoms with Crippen LogP contribution in [0.15, 0.2) is 23.9 Å². The smallest absolute Gasteiger partial charge is 0 e. The molecule has 1 unspecified atom stereocenters. The largest absolute Gasteiger partial charge is 0.696 e. The number of hydrogen-bond donors (Lipinski definition) is 0. The maximum absolute atomic E-state index is 7.13. The molecule has 1 saturated heterocycles. The van der Waals surface area contributed by atoms with Gasteiger partial charge in [0.1, 0.15) is 0 Å². The first-order valence-corrected chi connectivity index (χ1v) is 7.14. The third kappa shape index (κ3) is 24.6. The Balaban J connectivity index is -0.000000220. The van der Waals surface area contributed by atoms with Crippen molar-refractivity contribution in [3.8, 4) is 10.8 Å². The number of allylic oxidation sites excluding steroid dienone is 3. The molecule has 2 heterocycles. The Kier molecular flexibility index (Phi) is 25.7. The first-order chi connectivity index (χ1) is 9.62. The van der Waals surface area contributed by atoms with Crippen molar-refractivity contribution in [3.05, 3.63) is 34.6 Å². The molecule has 0 aromatic carbocycles. The monoisotopic (exact) mass is 371 g/mol. The minimum atomic E-state index is 0. The molecule has 0 aromatic heterocycles. The van der Waals surface area contributed by atoms with Crippen LogP contribution in [0.25, 0.3) is 10.6 Å². The van der Waals surface area contributed by atoms with Gasteiger partial charge in [-0.2, -0.15) is 5.70 Å². The second-order valence-electron chi connectivity index (χ2n) is 4.01. The van der Waals surface area contributed by atoms with E-state index in [0.717, 1.165) is 18.8 Å². The molecule has 4 nitrogen and oxygen atoms in total. The molecular weight excluding hydrogens is 352 g/mol. The molecule has 0 bridgehead atoms. The summed E-state index contributed by atoms with van der Waals surface area (Å²) in [5.74, 6) is 0. The van der Waals surface area contributed by atoms with Crippen molar-refractivity contribution >= 4 is 25.3 Å². The van der Waals surface area contributed by atoms with Crippen LogP contribution < -0.4 is 0 Å². The van der Waals surface area contributed by atoms with Crippen LogP contribution in [0.2, 0.25) is 0 Å². The van der Waals surface area contributed by atoms with Gasteiger partial charge in [0.25, 0.3) is 0 Å². The Morgan fingerprint density at radius 3 is 2.00 bits per heavy atom. The normalized spacial score (nSPS) is 17.7. The maximum atomic E-state index is 7.13. The number of nitrogens with zero attached hydrogens (tertiary/aromatic N) is 4. The zero-order chi connectivity index (χ0) is 15.6. The van der Waals surface area contributed by atoms with Crippen LogP contribution in [0, 0.1) is 21.3 Å². The molecule has 2 aliphatic rings. The maximum Gasteiger partial charge on any atom is 0 e. The minimum Gasteiger partial charge on any atom is -0.696 e. The number of rotatable bonds is 0. The van der Waals surface area contributed by atoms with E-state index in [0.29, 0.717) is 6.04 Å². The molecule has 1 radical (unpaired) electrons. The van der Waals surface area contributed by atoms with Crippen LogP contribution in [0.3, 0.4) is 0 Å². The van der Waals surface area contributed by atoms with E-state index in [-0.39, 0.29) is 17.1 Å². The third-order valence-corrected chi connectivity index (χ3v) is 2.39. The fraction of sp³-hybridized carbons (Fsp3) is 0.571. The van der Waals surface area contributed by atoms with Gasteiger partial charge in [0.2, 0.25) is 0 Å². The van der Waals surface area contributed by atoms with Gasteiger partial charge in [0, 0.05) is 17.1 Å². The summed E-state index contributed by atoms with van der Waals surface area (Å²) in [7, 11) is 0. The zero-order valence-corrected chi connectivity index (χ0v) is 14.8. The van der Waals surface area contributed by atoms with E-state index < -0.39 is 0 Å². The van der Waals surface area contributed by atoms with Crippen molar-refractivity contribution in [1.29, 1.82) is 10.5 Å². The van der Waals surface area contributed by atoms with Gasteiger partial charge in [-0.15, -0.1) is 25.2 Å². The summed E-state index contributed by atoms with van der Waals surface area (Å²) >= 11 is 7.40. The topological polar surface area (TPSA) is 75.8 Å². The summed E-state index contributed by atoms with van der Waals surface area (Å²) in [6.07, 6.45) is 10.1. The minimum absolute atomic E-state index is 0. The molecule has 0 aliphatic carbocycles. The molecule has 1 atom stereocenters. The second kappa shape index (κ2) is 21.5. The molecule has 0 amide bonds. The SMILES string of the molecule is CC1=CC=CC[N-]1.CC1CCCC[N-]1.N#C[S-].N#C[S-].[Cu]. The predicted octanol–water partition coefficient (Wildman–Crippen LogP) is 3.79. The van der Waals surface area contributed by atoms with Crippen LogP contribution in [0.4, 0.5) is 0 Å². The molecule has 7 heteroatoms. The Morgan fingerprint density at radius 2 is 1.81 bits per heavy atom. The quantitative estimate of drug-likeness (QED) is 0.368. The molecular formula is C14H20CuN4S2-4. The average molecular weight is 372 g/mol. The molecule has 2 rings (SSSR count). The third-order valence-electron chi connectivity index (χ3n) is 2.39. The van der Waals surface area contributed by atoms with Crippen LogP contribution in [0.1, 0.15) is 33.1 Å². The van der Waals surface area contributed by atoms with E-state index in [1.165, 1.54) is 30.1 Å². The first kappa shape index (κ1) is 25.2. The van der Waals surface area contributed by atoms with Gasteiger partial charge in [-0.05, 0) is 0 Å². The van der Waals surface area contributed by atoms with Crippen molar-refractivity contribution in [2.45, 2.75) is 39.2 Å². The summed E-state index contributed by atoms with van der Waals surface area (Å²) in [6, 6.07) is 0.661. The summed E-state index contributed by atoms with van der Waals surface area (Å²) in [6.45, 7) is 6.17. The first-order valence-electron chi connectivity index (χ1n) is 6.32. The van der Waals surface area contributed by atoms with Gasteiger partial charge in [-0.1, -0.05) is 56.1 Å².